The number of nitrogens with one attached hydrogen (secondary N) is 2. The number of amides is 1. The summed E-state index contributed by atoms with van der Waals surface area (Å²) in [5.74, 6) is 0.854. The van der Waals surface area contributed by atoms with E-state index in [1.165, 1.54) is 24.0 Å². The zero-order valence-corrected chi connectivity index (χ0v) is 15.3. The Kier molecular flexibility index (Phi) is 8.59. The number of carbonyl (C=O) groups is 1. The Morgan fingerprint density at radius 3 is 2.52 bits per heavy atom. The van der Waals surface area contributed by atoms with Gasteiger partial charge in [-0.15, -0.1) is 12.4 Å². The molecule has 4 nitrogen and oxygen atoms in total. The van der Waals surface area contributed by atoms with Crippen molar-refractivity contribution in [1.82, 2.24) is 10.2 Å². The van der Waals surface area contributed by atoms with Gasteiger partial charge in [0.15, 0.2) is 0 Å². The third-order valence-corrected chi connectivity index (χ3v) is 4.55. The predicted octanol–water partition coefficient (Wildman–Crippen LogP) is 2.99. The summed E-state index contributed by atoms with van der Waals surface area (Å²) in [6.07, 6.45) is 2.37. The SMILES string of the molecule is CCNCC1CCN(CC(=O)Nc2ccc(C)c(C)c2)CC1.Cl. The lowest BCUT2D eigenvalue weighted by atomic mass is 9.97. The molecular weight excluding hydrogens is 310 g/mol. The van der Waals surface area contributed by atoms with Gasteiger partial charge in [0.25, 0.3) is 0 Å². The van der Waals surface area contributed by atoms with E-state index >= 15 is 0 Å². The molecule has 1 aromatic rings. The fourth-order valence-electron chi connectivity index (χ4n) is 2.92. The van der Waals surface area contributed by atoms with E-state index in [1.807, 2.05) is 12.1 Å². The highest BCUT2D eigenvalue weighted by atomic mass is 35.5. The highest BCUT2D eigenvalue weighted by Crippen LogP contribution is 2.17. The van der Waals surface area contributed by atoms with Crippen molar-refractivity contribution in [2.75, 3.05) is 38.0 Å². The average Bonchev–Trinajstić information content (AvgIpc) is 2.50. The Labute approximate surface area is 146 Å². The Bertz CT molecular complexity index is 499. The monoisotopic (exact) mass is 339 g/mol. The van der Waals surface area contributed by atoms with Crippen LogP contribution in [0.15, 0.2) is 18.2 Å². The number of halogens is 1. The fraction of sp³-hybridized carbons (Fsp3) is 0.611. The molecule has 1 aliphatic heterocycles. The first-order valence-electron chi connectivity index (χ1n) is 8.38. The molecule has 0 saturated carbocycles. The molecule has 1 saturated heterocycles. The van der Waals surface area contributed by atoms with Crippen molar-refractivity contribution in [2.24, 2.45) is 5.92 Å². The first-order valence-corrected chi connectivity index (χ1v) is 8.38. The predicted molar refractivity (Wildman–Crippen MR) is 99.5 cm³/mol. The Morgan fingerprint density at radius 1 is 1.22 bits per heavy atom. The minimum Gasteiger partial charge on any atom is -0.325 e. The molecular formula is C18H30ClN3O. The third kappa shape index (κ3) is 6.50. The standard InChI is InChI=1S/C18H29N3O.ClH/c1-4-19-12-16-7-9-21(10-8-16)13-18(22)20-17-6-5-14(2)15(3)11-17;/h5-6,11,16,19H,4,7-10,12-13H2,1-3H3,(H,20,22);1H. The highest BCUT2D eigenvalue weighted by Gasteiger charge is 2.20. The number of anilines is 1. The van der Waals surface area contributed by atoms with E-state index in [2.05, 4.69) is 42.4 Å². The summed E-state index contributed by atoms with van der Waals surface area (Å²) in [7, 11) is 0. The quantitative estimate of drug-likeness (QED) is 0.837. The van der Waals surface area contributed by atoms with Gasteiger partial charge in [-0.25, -0.2) is 0 Å². The Balaban J connectivity index is 0.00000264. The summed E-state index contributed by atoms with van der Waals surface area (Å²) in [5, 5.41) is 6.43. The smallest absolute Gasteiger partial charge is 0.238 e. The number of rotatable bonds is 6. The largest absolute Gasteiger partial charge is 0.325 e. The first kappa shape index (κ1) is 19.9. The second-order valence-corrected chi connectivity index (χ2v) is 6.37. The van der Waals surface area contributed by atoms with Gasteiger partial charge < -0.3 is 10.6 Å². The Hall–Kier alpha value is -1.10. The van der Waals surface area contributed by atoms with Crippen LogP contribution in [0.2, 0.25) is 0 Å². The van der Waals surface area contributed by atoms with E-state index in [4.69, 9.17) is 0 Å². The molecule has 2 rings (SSSR count). The summed E-state index contributed by atoms with van der Waals surface area (Å²) in [6.45, 7) is 11.0. The summed E-state index contributed by atoms with van der Waals surface area (Å²) in [5.41, 5.74) is 3.36. The number of hydrogen-bond donors (Lipinski definition) is 2. The van der Waals surface area contributed by atoms with Crippen LogP contribution < -0.4 is 10.6 Å². The van der Waals surface area contributed by atoms with Gasteiger partial charge in [-0.05, 0) is 82.0 Å². The normalized spacial score (nSPS) is 16.0. The maximum atomic E-state index is 12.2. The van der Waals surface area contributed by atoms with Crippen molar-refractivity contribution < 1.29 is 4.79 Å². The van der Waals surface area contributed by atoms with Gasteiger partial charge in [-0.2, -0.15) is 0 Å². The molecule has 5 heteroatoms. The lowest BCUT2D eigenvalue weighted by Crippen LogP contribution is -2.41. The van der Waals surface area contributed by atoms with E-state index < -0.39 is 0 Å². The van der Waals surface area contributed by atoms with Crippen LogP contribution in [0.3, 0.4) is 0 Å². The minimum absolute atomic E-state index is 0. The van der Waals surface area contributed by atoms with Gasteiger partial charge in [-0.3, -0.25) is 9.69 Å². The molecule has 1 aromatic carbocycles. The van der Waals surface area contributed by atoms with Crippen LogP contribution in [0.4, 0.5) is 5.69 Å². The van der Waals surface area contributed by atoms with Crippen molar-refractivity contribution in [2.45, 2.75) is 33.6 Å². The van der Waals surface area contributed by atoms with Crippen molar-refractivity contribution >= 4 is 24.0 Å². The third-order valence-electron chi connectivity index (χ3n) is 4.55. The molecule has 0 atom stereocenters. The number of piperidine rings is 1. The van der Waals surface area contributed by atoms with Gasteiger partial charge in [-0.1, -0.05) is 13.0 Å². The van der Waals surface area contributed by atoms with E-state index in [1.54, 1.807) is 0 Å². The minimum atomic E-state index is 0. The molecule has 0 aliphatic carbocycles. The van der Waals surface area contributed by atoms with Gasteiger partial charge in [0.1, 0.15) is 0 Å². The maximum absolute atomic E-state index is 12.2. The zero-order valence-electron chi connectivity index (χ0n) is 14.5. The van der Waals surface area contributed by atoms with Crippen molar-refractivity contribution in [3.8, 4) is 0 Å². The van der Waals surface area contributed by atoms with Crippen LogP contribution in [0, 0.1) is 19.8 Å². The number of nitrogens with zero attached hydrogens (tertiary/aromatic N) is 1. The molecule has 0 aromatic heterocycles. The molecule has 130 valence electrons. The highest BCUT2D eigenvalue weighted by molar-refractivity contribution is 5.92. The maximum Gasteiger partial charge on any atom is 0.238 e. The van der Waals surface area contributed by atoms with E-state index in [9.17, 15) is 4.79 Å². The summed E-state index contributed by atoms with van der Waals surface area (Å²) in [4.78, 5) is 14.4. The van der Waals surface area contributed by atoms with Gasteiger partial charge in [0.2, 0.25) is 5.91 Å². The van der Waals surface area contributed by atoms with Crippen molar-refractivity contribution in [3.63, 3.8) is 0 Å². The molecule has 1 amide bonds. The topological polar surface area (TPSA) is 44.4 Å². The van der Waals surface area contributed by atoms with Gasteiger partial charge in [0.05, 0.1) is 6.54 Å². The molecule has 0 unspecified atom stereocenters. The molecule has 1 fully saturated rings. The lowest BCUT2D eigenvalue weighted by molar-refractivity contribution is -0.117. The molecule has 0 spiro atoms. The number of aryl methyl sites for hydroxylation is 2. The van der Waals surface area contributed by atoms with Gasteiger partial charge >= 0.3 is 0 Å². The molecule has 1 aliphatic rings. The van der Waals surface area contributed by atoms with E-state index in [-0.39, 0.29) is 18.3 Å². The second-order valence-electron chi connectivity index (χ2n) is 6.37. The zero-order chi connectivity index (χ0) is 15.9. The number of hydrogen-bond acceptors (Lipinski definition) is 3. The number of benzene rings is 1. The molecule has 1 heterocycles. The molecule has 23 heavy (non-hydrogen) atoms. The fourth-order valence-corrected chi connectivity index (χ4v) is 2.92. The molecule has 2 N–H and O–H groups in total. The number of carbonyl (C=O) groups excluding carboxylic acids is 1. The number of likely N-dealkylation sites (tertiary alicyclic amines) is 1. The second kappa shape index (κ2) is 9.91. The average molecular weight is 340 g/mol. The van der Waals surface area contributed by atoms with E-state index in [0.717, 1.165) is 37.8 Å². The van der Waals surface area contributed by atoms with Crippen LogP contribution >= 0.6 is 12.4 Å². The lowest BCUT2D eigenvalue weighted by Gasteiger charge is -2.31. The van der Waals surface area contributed by atoms with Crippen LogP contribution in [0.25, 0.3) is 0 Å². The van der Waals surface area contributed by atoms with Crippen molar-refractivity contribution in [1.29, 1.82) is 0 Å². The van der Waals surface area contributed by atoms with Crippen LogP contribution in [0.5, 0.6) is 0 Å². The summed E-state index contributed by atoms with van der Waals surface area (Å²) >= 11 is 0. The summed E-state index contributed by atoms with van der Waals surface area (Å²) < 4.78 is 0. The van der Waals surface area contributed by atoms with E-state index in [0.29, 0.717) is 6.54 Å². The van der Waals surface area contributed by atoms with Crippen LogP contribution in [-0.2, 0) is 4.79 Å². The van der Waals surface area contributed by atoms with Crippen molar-refractivity contribution in [3.05, 3.63) is 29.3 Å². The Morgan fingerprint density at radius 2 is 1.91 bits per heavy atom. The molecule has 0 radical (unpaired) electrons. The molecule has 0 bridgehead atoms. The summed E-state index contributed by atoms with van der Waals surface area (Å²) in [6, 6.07) is 6.07. The van der Waals surface area contributed by atoms with Crippen LogP contribution in [-0.4, -0.2) is 43.5 Å². The van der Waals surface area contributed by atoms with Crippen LogP contribution in [0.1, 0.15) is 30.9 Å². The van der Waals surface area contributed by atoms with Gasteiger partial charge in [0, 0.05) is 5.69 Å². The first-order chi connectivity index (χ1) is 10.6.